The SMILES string of the molecule is O=C(N[C@H]1CCC[C@H]1Oc1cc(F)cc(F)c1)c1ccncc1F. The number of carbonyl (C=O) groups is 1. The lowest BCUT2D eigenvalue weighted by atomic mass is 10.1. The van der Waals surface area contributed by atoms with E-state index in [1.54, 1.807) is 0 Å². The number of hydrogen-bond acceptors (Lipinski definition) is 3. The predicted octanol–water partition coefficient (Wildman–Crippen LogP) is 3.23. The minimum Gasteiger partial charge on any atom is -0.488 e. The first-order chi connectivity index (χ1) is 11.5. The van der Waals surface area contributed by atoms with E-state index in [1.807, 2.05) is 0 Å². The molecule has 0 saturated heterocycles. The van der Waals surface area contributed by atoms with Gasteiger partial charge in [-0.15, -0.1) is 0 Å². The molecule has 7 heteroatoms. The van der Waals surface area contributed by atoms with Gasteiger partial charge in [0.25, 0.3) is 5.91 Å². The van der Waals surface area contributed by atoms with E-state index in [1.165, 1.54) is 12.3 Å². The first kappa shape index (κ1) is 16.3. The average molecular weight is 336 g/mol. The van der Waals surface area contributed by atoms with Crippen LogP contribution in [-0.2, 0) is 0 Å². The molecule has 1 aromatic heterocycles. The molecule has 1 aliphatic rings. The molecule has 2 atom stereocenters. The van der Waals surface area contributed by atoms with E-state index in [9.17, 15) is 18.0 Å². The quantitative estimate of drug-likeness (QED) is 0.933. The Labute approximate surface area is 136 Å². The van der Waals surface area contributed by atoms with Crippen molar-refractivity contribution in [1.82, 2.24) is 10.3 Å². The molecule has 0 unspecified atom stereocenters. The number of carbonyl (C=O) groups excluding carboxylic acids is 1. The van der Waals surface area contributed by atoms with Gasteiger partial charge in [0, 0.05) is 24.4 Å². The Balaban J connectivity index is 1.69. The van der Waals surface area contributed by atoms with Gasteiger partial charge in [0.15, 0.2) is 5.82 Å². The molecule has 4 nitrogen and oxygen atoms in total. The van der Waals surface area contributed by atoms with Gasteiger partial charge in [0.05, 0.1) is 17.8 Å². The van der Waals surface area contributed by atoms with E-state index < -0.39 is 29.5 Å². The molecule has 2 aromatic rings. The first-order valence-corrected chi connectivity index (χ1v) is 7.56. The summed E-state index contributed by atoms with van der Waals surface area (Å²) >= 11 is 0. The van der Waals surface area contributed by atoms with Crippen molar-refractivity contribution in [3.8, 4) is 5.75 Å². The summed E-state index contributed by atoms with van der Waals surface area (Å²) in [6.45, 7) is 0. The van der Waals surface area contributed by atoms with Gasteiger partial charge >= 0.3 is 0 Å². The molecule has 0 bridgehead atoms. The van der Waals surface area contributed by atoms with Crippen molar-refractivity contribution in [2.75, 3.05) is 0 Å². The lowest BCUT2D eigenvalue weighted by Gasteiger charge is -2.22. The van der Waals surface area contributed by atoms with Crippen LogP contribution in [0.15, 0.2) is 36.7 Å². The van der Waals surface area contributed by atoms with Crippen LogP contribution in [0.3, 0.4) is 0 Å². The Bertz CT molecular complexity index is 734. The van der Waals surface area contributed by atoms with Crippen LogP contribution in [0.4, 0.5) is 13.2 Å². The zero-order valence-corrected chi connectivity index (χ0v) is 12.6. The smallest absolute Gasteiger partial charge is 0.254 e. The molecule has 1 fully saturated rings. The molecule has 126 valence electrons. The number of nitrogens with one attached hydrogen (secondary N) is 1. The zero-order chi connectivity index (χ0) is 17.1. The molecule has 1 N–H and O–H groups in total. The van der Waals surface area contributed by atoms with Crippen LogP contribution < -0.4 is 10.1 Å². The third kappa shape index (κ3) is 3.67. The second kappa shape index (κ2) is 6.90. The van der Waals surface area contributed by atoms with Crippen LogP contribution in [0.25, 0.3) is 0 Å². The highest BCUT2D eigenvalue weighted by atomic mass is 19.1. The number of amides is 1. The van der Waals surface area contributed by atoms with Gasteiger partial charge in [-0.1, -0.05) is 0 Å². The maximum Gasteiger partial charge on any atom is 0.254 e. The molecule has 0 radical (unpaired) electrons. The molecule has 1 saturated carbocycles. The number of hydrogen-bond donors (Lipinski definition) is 1. The molecule has 0 aliphatic heterocycles. The normalized spacial score (nSPS) is 20.0. The van der Waals surface area contributed by atoms with Crippen molar-refractivity contribution in [1.29, 1.82) is 0 Å². The van der Waals surface area contributed by atoms with Gasteiger partial charge < -0.3 is 10.1 Å². The van der Waals surface area contributed by atoms with Crippen molar-refractivity contribution < 1.29 is 22.7 Å². The second-order valence-electron chi connectivity index (χ2n) is 5.63. The van der Waals surface area contributed by atoms with Crippen LogP contribution >= 0.6 is 0 Å². The summed E-state index contributed by atoms with van der Waals surface area (Å²) in [6.07, 6.45) is 3.91. The van der Waals surface area contributed by atoms with Gasteiger partial charge in [-0.3, -0.25) is 9.78 Å². The van der Waals surface area contributed by atoms with E-state index in [-0.39, 0.29) is 17.4 Å². The highest BCUT2D eigenvalue weighted by Crippen LogP contribution is 2.26. The summed E-state index contributed by atoms with van der Waals surface area (Å²) in [5.74, 6) is -2.68. The van der Waals surface area contributed by atoms with Crippen molar-refractivity contribution >= 4 is 5.91 Å². The van der Waals surface area contributed by atoms with Crippen molar-refractivity contribution in [3.05, 3.63) is 59.7 Å². The number of halogens is 3. The van der Waals surface area contributed by atoms with Crippen LogP contribution in [0.5, 0.6) is 5.75 Å². The molecular formula is C17H15F3N2O2. The van der Waals surface area contributed by atoms with E-state index in [2.05, 4.69) is 10.3 Å². The van der Waals surface area contributed by atoms with Crippen molar-refractivity contribution in [2.45, 2.75) is 31.4 Å². The minimum absolute atomic E-state index is 0.0636. The Morgan fingerprint density at radius 3 is 2.62 bits per heavy atom. The Kier molecular flexibility index (Phi) is 4.69. The van der Waals surface area contributed by atoms with E-state index in [0.717, 1.165) is 30.8 Å². The Morgan fingerprint density at radius 2 is 1.92 bits per heavy atom. The fourth-order valence-corrected chi connectivity index (χ4v) is 2.81. The number of nitrogens with zero attached hydrogens (tertiary/aromatic N) is 1. The summed E-state index contributed by atoms with van der Waals surface area (Å²) in [6, 6.07) is 3.85. The predicted molar refractivity (Wildman–Crippen MR) is 80.1 cm³/mol. The van der Waals surface area contributed by atoms with Crippen LogP contribution in [0.1, 0.15) is 29.6 Å². The van der Waals surface area contributed by atoms with Gasteiger partial charge in [0.1, 0.15) is 23.5 Å². The average Bonchev–Trinajstić information content (AvgIpc) is 2.93. The lowest BCUT2D eigenvalue weighted by molar-refractivity contribution is 0.0889. The van der Waals surface area contributed by atoms with Gasteiger partial charge in [-0.2, -0.15) is 0 Å². The Morgan fingerprint density at radius 1 is 1.17 bits per heavy atom. The summed E-state index contributed by atoms with van der Waals surface area (Å²) < 4.78 is 45.7. The fourth-order valence-electron chi connectivity index (χ4n) is 2.81. The summed E-state index contributed by atoms with van der Waals surface area (Å²) in [5, 5.41) is 2.72. The van der Waals surface area contributed by atoms with E-state index >= 15 is 0 Å². The molecule has 3 rings (SSSR count). The molecule has 1 aliphatic carbocycles. The number of rotatable bonds is 4. The third-order valence-corrected chi connectivity index (χ3v) is 3.91. The first-order valence-electron chi connectivity index (χ1n) is 7.56. The molecular weight excluding hydrogens is 321 g/mol. The van der Waals surface area contributed by atoms with Gasteiger partial charge in [-0.25, -0.2) is 13.2 Å². The molecule has 1 amide bonds. The van der Waals surface area contributed by atoms with E-state index in [0.29, 0.717) is 12.8 Å². The summed E-state index contributed by atoms with van der Waals surface area (Å²) in [5.41, 5.74) is -0.104. The highest BCUT2D eigenvalue weighted by molar-refractivity contribution is 5.94. The van der Waals surface area contributed by atoms with Crippen molar-refractivity contribution in [3.63, 3.8) is 0 Å². The monoisotopic (exact) mass is 336 g/mol. The maximum atomic E-state index is 13.6. The largest absolute Gasteiger partial charge is 0.488 e. The number of ether oxygens (including phenoxy) is 1. The maximum absolute atomic E-state index is 13.6. The number of aromatic nitrogens is 1. The molecule has 24 heavy (non-hydrogen) atoms. The number of pyridine rings is 1. The molecule has 1 heterocycles. The minimum atomic E-state index is -0.734. The second-order valence-corrected chi connectivity index (χ2v) is 5.63. The van der Waals surface area contributed by atoms with Crippen LogP contribution in [0.2, 0.25) is 0 Å². The summed E-state index contributed by atoms with van der Waals surface area (Å²) in [7, 11) is 0. The van der Waals surface area contributed by atoms with Crippen LogP contribution in [0, 0.1) is 17.5 Å². The zero-order valence-electron chi connectivity index (χ0n) is 12.6. The van der Waals surface area contributed by atoms with Gasteiger partial charge in [-0.05, 0) is 25.3 Å². The number of benzene rings is 1. The highest BCUT2D eigenvalue weighted by Gasteiger charge is 2.31. The Hall–Kier alpha value is -2.57. The lowest BCUT2D eigenvalue weighted by Crippen LogP contribution is -2.42. The topological polar surface area (TPSA) is 51.2 Å². The third-order valence-electron chi connectivity index (χ3n) is 3.91. The van der Waals surface area contributed by atoms with E-state index in [4.69, 9.17) is 4.74 Å². The standard InChI is InChI=1S/C17H15F3N2O2/c18-10-6-11(19)8-12(7-10)24-16-3-1-2-15(16)22-17(23)13-4-5-21-9-14(13)20/h4-9,15-16H,1-3H2,(H,22,23)/t15-,16+/m0/s1. The van der Waals surface area contributed by atoms with Gasteiger partial charge in [0.2, 0.25) is 0 Å². The fraction of sp³-hybridized carbons (Fsp3) is 0.294. The van der Waals surface area contributed by atoms with Crippen LogP contribution in [-0.4, -0.2) is 23.0 Å². The summed E-state index contributed by atoms with van der Waals surface area (Å²) in [4.78, 5) is 15.8. The molecule has 1 aromatic carbocycles. The van der Waals surface area contributed by atoms with Crippen molar-refractivity contribution in [2.24, 2.45) is 0 Å². The molecule has 0 spiro atoms.